The fourth-order valence-corrected chi connectivity index (χ4v) is 1.89. The molecule has 1 aliphatic carbocycles. The fourth-order valence-electron chi connectivity index (χ4n) is 1.74. The van der Waals surface area contributed by atoms with Gasteiger partial charge in [-0.2, -0.15) is 0 Å². The minimum absolute atomic E-state index is 0.618. The first kappa shape index (κ1) is 7.23. The number of aryl methyl sites for hydroxylation is 2. The zero-order valence-corrected chi connectivity index (χ0v) is 7.25. The van der Waals surface area contributed by atoms with Crippen molar-refractivity contribution in [1.29, 1.82) is 0 Å². The quantitative estimate of drug-likeness (QED) is 0.623. The van der Waals surface area contributed by atoms with Gasteiger partial charge in [0.15, 0.2) is 0 Å². The molecule has 0 radical (unpaired) electrons. The van der Waals surface area contributed by atoms with E-state index in [-0.39, 0.29) is 0 Å². The molecule has 60 valence electrons. The number of alkyl halides is 1. The van der Waals surface area contributed by atoms with Gasteiger partial charge in [-0.1, -0.05) is 0 Å². The molecule has 2 heteroatoms. The highest BCUT2D eigenvalue weighted by Gasteiger charge is 2.11. The summed E-state index contributed by atoms with van der Waals surface area (Å²) in [5.74, 6) is 0.618. The van der Waals surface area contributed by atoms with Crippen molar-refractivity contribution in [2.24, 2.45) is 0 Å². The van der Waals surface area contributed by atoms with Gasteiger partial charge in [0.1, 0.15) is 0 Å². The molecule has 1 nitrogen and oxygen atoms in total. The maximum atomic E-state index is 5.72. The van der Waals surface area contributed by atoms with Gasteiger partial charge < -0.3 is 4.98 Å². The van der Waals surface area contributed by atoms with E-state index in [2.05, 4.69) is 11.1 Å². The van der Waals surface area contributed by atoms with Crippen molar-refractivity contribution in [3.8, 4) is 0 Å². The number of H-pyrrole nitrogens is 1. The summed E-state index contributed by atoms with van der Waals surface area (Å²) in [5.41, 5.74) is 4.09. The number of aromatic nitrogens is 1. The molecule has 0 atom stereocenters. The molecule has 0 unspecified atom stereocenters. The van der Waals surface area contributed by atoms with E-state index in [9.17, 15) is 0 Å². The monoisotopic (exact) mass is 169 g/mol. The Labute approximate surface area is 71.8 Å². The van der Waals surface area contributed by atoms with Gasteiger partial charge in [0.25, 0.3) is 0 Å². The Bertz CT molecular complexity index is 229. The number of halogens is 1. The van der Waals surface area contributed by atoms with Crippen LogP contribution >= 0.6 is 11.6 Å². The second-order valence-corrected chi connectivity index (χ2v) is 3.41. The zero-order chi connectivity index (χ0) is 7.68. The van der Waals surface area contributed by atoms with E-state index in [1.54, 1.807) is 0 Å². The van der Waals surface area contributed by atoms with E-state index in [1.165, 1.54) is 42.6 Å². The third-order valence-electron chi connectivity index (χ3n) is 2.31. The molecule has 1 heterocycles. The van der Waals surface area contributed by atoms with Crippen LogP contribution in [0.1, 0.15) is 29.8 Å². The highest BCUT2D eigenvalue weighted by atomic mass is 35.5. The second kappa shape index (κ2) is 2.90. The molecule has 1 aromatic heterocycles. The van der Waals surface area contributed by atoms with Gasteiger partial charge in [-0.15, -0.1) is 11.6 Å². The lowest BCUT2D eigenvalue weighted by atomic mass is 9.98. The molecule has 11 heavy (non-hydrogen) atoms. The van der Waals surface area contributed by atoms with Crippen molar-refractivity contribution < 1.29 is 0 Å². The first-order valence-corrected chi connectivity index (χ1v) is 4.69. The summed E-state index contributed by atoms with van der Waals surface area (Å²) in [6.45, 7) is 0. The Morgan fingerprint density at radius 1 is 1.36 bits per heavy atom. The van der Waals surface area contributed by atoms with Crippen molar-refractivity contribution in [3.05, 3.63) is 23.0 Å². The zero-order valence-electron chi connectivity index (χ0n) is 6.49. The van der Waals surface area contributed by atoms with Gasteiger partial charge in [-0.3, -0.25) is 0 Å². The van der Waals surface area contributed by atoms with E-state index >= 15 is 0 Å². The Balaban J connectivity index is 2.32. The second-order valence-electron chi connectivity index (χ2n) is 3.14. The Morgan fingerprint density at radius 3 is 2.91 bits per heavy atom. The summed E-state index contributed by atoms with van der Waals surface area (Å²) in [7, 11) is 0. The minimum atomic E-state index is 0.618. The Morgan fingerprint density at radius 2 is 2.18 bits per heavy atom. The molecule has 1 aliphatic rings. The van der Waals surface area contributed by atoms with Crippen LogP contribution < -0.4 is 0 Å². The van der Waals surface area contributed by atoms with Gasteiger partial charge in [-0.05, 0) is 37.3 Å². The average molecular weight is 170 g/mol. The molecule has 2 rings (SSSR count). The summed E-state index contributed by atoms with van der Waals surface area (Å²) >= 11 is 5.72. The van der Waals surface area contributed by atoms with Crippen LogP contribution in [0.15, 0.2) is 6.07 Å². The summed E-state index contributed by atoms with van der Waals surface area (Å²) in [6, 6.07) is 2.21. The standard InChI is InChI=1S/C9H12ClN/c10-6-8-5-7-3-1-2-4-9(7)11-8/h5,11H,1-4,6H2. The van der Waals surface area contributed by atoms with Crippen LogP contribution in [0.25, 0.3) is 0 Å². The number of fused-ring (bicyclic) bond motifs is 1. The summed E-state index contributed by atoms with van der Waals surface area (Å²) in [6.07, 6.45) is 5.12. The number of hydrogen-bond acceptors (Lipinski definition) is 0. The van der Waals surface area contributed by atoms with Crippen LogP contribution in [0, 0.1) is 0 Å². The predicted molar refractivity (Wildman–Crippen MR) is 47.0 cm³/mol. The molecule has 0 amide bonds. The topological polar surface area (TPSA) is 15.8 Å². The lowest BCUT2D eigenvalue weighted by Crippen LogP contribution is -1.99. The first-order chi connectivity index (χ1) is 5.40. The smallest absolute Gasteiger partial charge is 0.0625 e. The van der Waals surface area contributed by atoms with E-state index in [0.717, 1.165) is 0 Å². The van der Waals surface area contributed by atoms with Crippen LogP contribution in [0.4, 0.5) is 0 Å². The van der Waals surface area contributed by atoms with Crippen molar-refractivity contribution in [2.75, 3.05) is 0 Å². The molecule has 0 saturated heterocycles. The summed E-state index contributed by atoms with van der Waals surface area (Å²) in [4.78, 5) is 3.35. The Hall–Kier alpha value is -0.430. The molecular formula is C9H12ClN. The molecule has 0 aromatic carbocycles. The molecule has 0 saturated carbocycles. The van der Waals surface area contributed by atoms with Crippen molar-refractivity contribution in [2.45, 2.75) is 31.6 Å². The molecule has 1 N–H and O–H groups in total. The highest BCUT2D eigenvalue weighted by molar-refractivity contribution is 6.16. The summed E-state index contributed by atoms with van der Waals surface area (Å²) in [5, 5.41) is 0. The van der Waals surface area contributed by atoms with E-state index in [4.69, 9.17) is 11.6 Å². The van der Waals surface area contributed by atoms with Gasteiger partial charge in [0, 0.05) is 11.4 Å². The van der Waals surface area contributed by atoms with Gasteiger partial charge in [0.2, 0.25) is 0 Å². The molecule has 0 spiro atoms. The molecule has 0 bridgehead atoms. The van der Waals surface area contributed by atoms with Gasteiger partial charge in [0.05, 0.1) is 5.88 Å². The van der Waals surface area contributed by atoms with E-state index in [0.29, 0.717) is 5.88 Å². The van der Waals surface area contributed by atoms with Gasteiger partial charge >= 0.3 is 0 Å². The average Bonchev–Trinajstić information content (AvgIpc) is 2.46. The Kier molecular flexibility index (Phi) is 1.91. The minimum Gasteiger partial charge on any atom is -0.361 e. The largest absolute Gasteiger partial charge is 0.361 e. The lowest BCUT2D eigenvalue weighted by molar-refractivity contribution is 0.676. The maximum Gasteiger partial charge on any atom is 0.0625 e. The third-order valence-corrected chi connectivity index (χ3v) is 2.60. The summed E-state index contributed by atoms with van der Waals surface area (Å²) < 4.78 is 0. The molecule has 0 fully saturated rings. The number of hydrogen-bond donors (Lipinski definition) is 1. The van der Waals surface area contributed by atoms with Crippen molar-refractivity contribution in [1.82, 2.24) is 4.98 Å². The SMILES string of the molecule is ClCc1cc2c([nH]1)CCCC2. The molecule has 1 aromatic rings. The number of nitrogens with one attached hydrogen (secondary N) is 1. The predicted octanol–water partition coefficient (Wildman–Crippen LogP) is 2.63. The molecular weight excluding hydrogens is 158 g/mol. The number of rotatable bonds is 1. The van der Waals surface area contributed by atoms with E-state index in [1.807, 2.05) is 0 Å². The van der Waals surface area contributed by atoms with Crippen LogP contribution in [-0.4, -0.2) is 4.98 Å². The lowest BCUT2D eigenvalue weighted by Gasteiger charge is -2.08. The normalized spacial score (nSPS) is 16.5. The highest BCUT2D eigenvalue weighted by Crippen LogP contribution is 2.21. The van der Waals surface area contributed by atoms with Gasteiger partial charge in [-0.25, -0.2) is 0 Å². The van der Waals surface area contributed by atoms with Crippen molar-refractivity contribution in [3.63, 3.8) is 0 Å². The third kappa shape index (κ3) is 1.30. The molecule has 0 aliphatic heterocycles. The van der Waals surface area contributed by atoms with Crippen LogP contribution in [0.3, 0.4) is 0 Å². The fraction of sp³-hybridized carbons (Fsp3) is 0.556. The van der Waals surface area contributed by atoms with Crippen LogP contribution in [0.5, 0.6) is 0 Å². The van der Waals surface area contributed by atoms with Crippen molar-refractivity contribution >= 4 is 11.6 Å². The maximum absolute atomic E-state index is 5.72. The number of aromatic amines is 1. The van der Waals surface area contributed by atoms with E-state index < -0.39 is 0 Å². The van der Waals surface area contributed by atoms with Crippen LogP contribution in [-0.2, 0) is 18.7 Å². The first-order valence-electron chi connectivity index (χ1n) is 4.16. The van der Waals surface area contributed by atoms with Crippen LogP contribution in [0.2, 0.25) is 0 Å².